The van der Waals surface area contributed by atoms with Gasteiger partial charge in [-0.3, -0.25) is 14.4 Å². The molecular weight excluding hydrogens is 491 g/mol. The molecule has 3 aromatic rings. The van der Waals surface area contributed by atoms with E-state index >= 15 is 0 Å². The molecule has 0 radical (unpaired) electrons. The van der Waals surface area contributed by atoms with Gasteiger partial charge in [0, 0.05) is 16.7 Å². The SMILES string of the molecule is Cn1c(=O)cc(F)c2oc(C(=O)NOCCO)c(Nc3ccc(I)cc3F)c21. The zero-order chi connectivity index (χ0) is 20.4. The number of halogens is 3. The van der Waals surface area contributed by atoms with Gasteiger partial charge in [0.05, 0.1) is 18.9 Å². The maximum Gasteiger partial charge on any atom is 0.312 e. The van der Waals surface area contributed by atoms with Crippen molar-refractivity contribution in [3.8, 4) is 0 Å². The van der Waals surface area contributed by atoms with E-state index in [9.17, 15) is 18.4 Å². The third kappa shape index (κ3) is 3.86. The number of nitrogens with zero attached hydrogens (tertiary/aromatic N) is 1. The van der Waals surface area contributed by atoms with E-state index in [0.29, 0.717) is 9.64 Å². The van der Waals surface area contributed by atoms with Crippen molar-refractivity contribution >= 4 is 51.0 Å². The summed E-state index contributed by atoms with van der Waals surface area (Å²) in [5.74, 6) is -2.93. The molecule has 0 aliphatic heterocycles. The second kappa shape index (κ2) is 8.24. The molecule has 1 amide bonds. The van der Waals surface area contributed by atoms with Crippen LogP contribution < -0.4 is 16.4 Å². The number of hydroxylamine groups is 1. The molecule has 0 bridgehead atoms. The number of pyridine rings is 1. The molecule has 3 N–H and O–H groups in total. The molecule has 0 atom stereocenters. The Hall–Kier alpha value is -2.51. The molecule has 2 aromatic heterocycles. The summed E-state index contributed by atoms with van der Waals surface area (Å²) < 4.78 is 35.6. The number of nitrogens with one attached hydrogen (secondary N) is 2. The smallest absolute Gasteiger partial charge is 0.312 e. The van der Waals surface area contributed by atoms with Crippen molar-refractivity contribution in [1.82, 2.24) is 10.0 Å². The Morgan fingerprint density at radius 1 is 1.32 bits per heavy atom. The van der Waals surface area contributed by atoms with Crippen LogP contribution in [0, 0.1) is 15.2 Å². The number of hydrogen-bond acceptors (Lipinski definition) is 6. The molecule has 0 unspecified atom stereocenters. The molecule has 0 saturated heterocycles. The van der Waals surface area contributed by atoms with Crippen LogP contribution in [-0.2, 0) is 11.9 Å². The summed E-state index contributed by atoms with van der Waals surface area (Å²) in [6.45, 7) is -0.532. The van der Waals surface area contributed by atoms with Crippen LogP contribution in [0.4, 0.5) is 20.2 Å². The fraction of sp³-hybridized carbons (Fsp3) is 0.176. The maximum absolute atomic E-state index is 14.3. The first kappa shape index (κ1) is 20.2. The van der Waals surface area contributed by atoms with Crippen LogP contribution in [0.5, 0.6) is 0 Å². The van der Waals surface area contributed by atoms with Crippen LogP contribution in [0.2, 0.25) is 0 Å². The minimum Gasteiger partial charge on any atom is -0.444 e. The number of aryl methyl sites for hydroxylation is 1. The van der Waals surface area contributed by atoms with Crippen LogP contribution >= 0.6 is 22.6 Å². The Labute approximate surface area is 170 Å². The molecule has 2 heterocycles. The maximum atomic E-state index is 14.3. The second-order valence-electron chi connectivity index (χ2n) is 5.63. The van der Waals surface area contributed by atoms with Crippen molar-refractivity contribution in [1.29, 1.82) is 0 Å². The lowest BCUT2D eigenvalue weighted by molar-refractivity contribution is 0.0152. The number of aliphatic hydroxyl groups is 1. The first-order valence-corrected chi connectivity index (χ1v) is 8.98. The molecule has 3 rings (SSSR count). The minimum absolute atomic E-state index is 0.00912. The highest BCUT2D eigenvalue weighted by Crippen LogP contribution is 2.34. The normalized spacial score (nSPS) is 11.0. The second-order valence-corrected chi connectivity index (χ2v) is 6.87. The molecule has 1 aromatic carbocycles. The Morgan fingerprint density at radius 3 is 2.75 bits per heavy atom. The highest BCUT2D eigenvalue weighted by atomic mass is 127. The molecule has 0 fully saturated rings. The topological polar surface area (TPSA) is 106 Å². The number of rotatable bonds is 6. The third-order valence-corrected chi connectivity index (χ3v) is 4.44. The van der Waals surface area contributed by atoms with Gasteiger partial charge >= 0.3 is 5.91 Å². The Balaban J connectivity index is 2.17. The summed E-state index contributed by atoms with van der Waals surface area (Å²) in [4.78, 5) is 29.1. The van der Waals surface area contributed by atoms with Gasteiger partial charge in [-0.1, -0.05) is 0 Å². The van der Waals surface area contributed by atoms with Crippen LogP contribution in [0.3, 0.4) is 0 Å². The Kier molecular flexibility index (Phi) is 5.96. The van der Waals surface area contributed by atoms with E-state index in [1.807, 2.05) is 28.1 Å². The molecule has 0 aliphatic rings. The van der Waals surface area contributed by atoms with Gasteiger partial charge in [0.15, 0.2) is 11.4 Å². The summed E-state index contributed by atoms with van der Waals surface area (Å²) in [6.07, 6.45) is 0. The number of fused-ring (bicyclic) bond motifs is 1. The predicted octanol–water partition coefficient (Wildman–Crippen LogP) is 2.41. The van der Waals surface area contributed by atoms with E-state index in [1.54, 1.807) is 6.07 Å². The zero-order valence-electron chi connectivity index (χ0n) is 14.4. The average Bonchev–Trinajstić information content (AvgIpc) is 3.02. The fourth-order valence-electron chi connectivity index (χ4n) is 2.50. The van der Waals surface area contributed by atoms with Gasteiger partial charge in [-0.25, -0.2) is 14.3 Å². The lowest BCUT2D eigenvalue weighted by Crippen LogP contribution is -2.25. The number of aliphatic hydroxyl groups excluding tert-OH is 1. The monoisotopic (exact) mass is 505 g/mol. The van der Waals surface area contributed by atoms with Crippen molar-refractivity contribution < 1.29 is 27.9 Å². The number of amides is 1. The summed E-state index contributed by atoms with van der Waals surface area (Å²) in [6, 6.07) is 5.02. The lowest BCUT2D eigenvalue weighted by Gasteiger charge is -2.10. The van der Waals surface area contributed by atoms with Gasteiger partial charge in [-0.2, -0.15) is 0 Å². The van der Waals surface area contributed by atoms with E-state index in [4.69, 9.17) is 14.4 Å². The van der Waals surface area contributed by atoms with Crippen molar-refractivity contribution in [3.05, 3.63) is 55.6 Å². The van der Waals surface area contributed by atoms with Gasteiger partial charge < -0.3 is 19.4 Å². The van der Waals surface area contributed by atoms with Crippen LogP contribution in [0.15, 0.2) is 33.5 Å². The number of carbonyl (C=O) groups is 1. The molecule has 8 nitrogen and oxygen atoms in total. The quantitative estimate of drug-likeness (QED) is 0.270. The summed E-state index contributed by atoms with van der Waals surface area (Å²) >= 11 is 1.93. The van der Waals surface area contributed by atoms with Gasteiger partial charge in [-0.15, -0.1) is 0 Å². The fourth-order valence-corrected chi connectivity index (χ4v) is 2.95. The van der Waals surface area contributed by atoms with E-state index in [-0.39, 0.29) is 35.7 Å². The van der Waals surface area contributed by atoms with Crippen molar-refractivity contribution in [3.63, 3.8) is 0 Å². The number of anilines is 2. The summed E-state index contributed by atoms with van der Waals surface area (Å²) in [7, 11) is 1.36. The summed E-state index contributed by atoms with van der Waals surface area (Å²) in [5.41, 5.74) is 0.807. The minimum atomic E-state index is -0.973. The van der Waals surface area contributed by atoms with E-state index in [1.165, 1.54) is 19.2 Å². The highest BCUT2D eigenvalue weighted by Gasteiger charge is 2.26. The van der Waals surface area contributed by atoms with Crippen LogP contribution in [0.25, 0.3) is 11.1 Å². The number of furan rings is 1. The van der Waals surface area contributed by atoms with Gasteiger partial charge in [0.25, 0.3) is 5.56 Å². The van der Waals surface area contributed by atoms with E-state index < -0.39 is 28.9 Å². The average molecular weight is 505 g/mol. The zero-order valence-corrected chi connectivity index (χ0v) is 16.5. The molecule has 148 valence electrons. The first-order valence-electron chi connectivity index (χ1n) is 7.90. The van der Waals surface area contributed by atoms with Gasteiger partial charge in [-0.05, 0) is 40.8 Å². The standard InChI is InChI=1S/C17H14F2IN3O5/c1-23-12(25)7-10(19)15-14(23)13(16(28-15)17(26)22-27-5-4-24)21-11-3-2-8(20)6-9(11)18/h2-3,6-7,21,24H,4-5H2,1H3,(H,22,26). The third-order valence-electron chi connectivity index (χ3n) is 3.77. The summed E-state index contributed by atoms with van der Waals surface area (Å²) in [5, 5.41) is 11.4. The largest absolute Gasteiger partial charge is 0.444 e. The van der Waals surface area contributed by atoms with Crippen molar-refractivity contribution in [2.45, 2.75) is 0 Å². The van der Waals surface area contributed by atoms with Gasteiger partial charge in [0.1, 0.15) is 17.0 Å². The van der Waals surface area contributed by atoms with Crippen LogP contribution in [-0.4, -0.2) is 28.8 Å². The van der Waals surface area contributed by atoms with Crippen LogP contribution in [0.1, 0.15) is 10.6 Å². The van der Waals surface area contributed by atoms with E-state index in [0.717, 1.165) is 4.57 Å². The number of benzene rings is 1. The first-order chi connectivity index (χ1) is 13.3. The highest BCUT2D eigenvalue weighted by molar-refractivity contribution is 14.1. The Morgan fingerprint density at radius 2 is 2.07 bits per heavy atom. The van der Waals surface area contributed by atoms with Crippen molar-refractivity contribution in [2.75, 3.05) is 18.5 Å². The van der Waals surface area contributed by atoms with Gasteiger partial charge in [0.2, 0.25) is 5.76 Å². The predicted molar refractivity (Wildman–Crippen MR) is 104 cm³/mol. The van der Waals surface area contributed by atoms with E-state index in [2.05, 4.69) is 5.32 Å². The Bertz CT molecular complexity index is 1110. The molecule has 28 heavy (non-hydrogen) atoms. The number of hydrogen-bond donors (Lipinski definition) is 3. The lowest BCUT2D eigenvalue weighted by atomic mass is 10.2. The molecule has 0 spiro atoms. The van der Waals surface area contributed by atoms with Crippen molar-refractivity contribution in [2.24, 2.45) is 7.05 Å². The molecule has 0 saturated carbocycles. The number of aromatic nitrogens is 1. The molecule has 11 heteroatoms. The molecule has 0 aliphatic carbocycles. The number of carbonyl (C=O) groups excluding carboxylic acids is 1. The molecular formula is C17H14F2IN3O5.